The van der Waals surface area contributed by atoms with Crippen LogP contribution in [0.2, 0.25) is 0 Å². The Labute approximate surface area is 125 Å². The monoisotopic (exact) mass is 286 g/mol. The summed E-state index contributed by atoms with van der Waals surface area (Å²) in [6, 6.07) is 9.19. The van der Waals surface area contributed by atoms with Crippen molar-refractivity contribution in [1.82, 2.24) is 0 Å². The van der Waals surface area contributed by atoms with E-state index in [4.69, 9.17) is 9.47 Å². The number of epoxide rings is 1. The van der Waals surface area contributed by atoms with Gasteiger partial charge in [0.05, 0.1) is 11.7 Å². The van der Waals surface area contributed by atoms with Crippen LogP contribution in [0.3, 0.4) is 0 Å². The summed E-state index contributed by atoms with van der Waals surface area (Å²) in [5.41, 5.74) is 1.62. The Balaban J connectivity index is 1.71. The second-order valence-corrected chi connectivity index (χ2v) is 6.24. The number of carbonyl (C=O) groups excluding carboxylic acids is 1. The molecule has 1 saturated carbocycles. The predicted molar refractivity (Wildman–Crippen MR) is 81.1 cm³/mol. The molecule has 1 aromatic rings. The van der Waals surface area contributed by atoms with E-state index in [9.17, 15) is 4.79 Å². The SMILES string of the molecule is CC(C)=CC[C@]12O[C@H]1CCC[C@H]2OC(=O)c1ccccc1. The topological polar surface area (TPSA) is 38.8 Å². The summed E-state index contributed by atoms with van der Waals surface area (Å²) in [6.07, 6.45) is 6.20. The molecule has 1 aliphatic heterocycles. The molecule has 112 valence electrons. The van der Waals surface area contributed by atoms with Gasteiger partial charge in [-0.3, -0.25) is 0 Å². The van der Waals surface area contributed by atoms with Crippen LogP contribution in [0, 0.1) is 0 Å². The molecule has 2 fully saturated rings. The Morgan fingerprint density at radius 3 is 2.81 bits per heavy atom. The van der Waals surface area contributed by atoms with Gasteiger partial charge in [-0.05, 0) is 45.2 Å². The van der Waals surface area contributed by atoms with Crippen LogP contribution in [-0.4, -0.2) is 23.8 Å². The first-order valence-electron chi connectivity index (χ1n) is 7.69. The van der Waals surface area contributed by atoms with Crippen LogP contribution in [0.1, 0.15) is 49.9 Å². The van der Waals surface area contributed by atoms with Crippen LogP contribution < -0.4 is 0 Å². The largest absolute Gasteiger partial charge is 0.456 e. The van der Waals surface area contributed by atoms with Crippen molar-refractivity contribution in [2.24, 2.45) is 0 Å². The van der Waals surface area contributed by atoms with Crippen LogP contribution in [0.4, 0.5) is 0 Å². The molecule has 1 aliphatic carbocycles. The van der Waals surface area contributed by atoms with Gasteiger partial charge in [0.25, 0.3) is 0 Å². The fourth-order valence-electron chi connectivity index (χ4n) is 3.16. The van der Waals surface area contributed by atoms with Gasteiger partial charge in [-0.15, -0.1) is 0 Å². The zero-order chi connectivity index (χ0) is 14.9. The van der Waals surface area contributed by atoms with Crippen molar-refractivity contribution in [2.75, 3.05) is 0 Å². The highest BCUT2D eigenvalue weighted by molar-refractivity contribution is 5.89. The first kappa shape index (κ1) is 14.3. The van der Waals surface area contributed by atoms with E-state index < -0.39 is 0 Å². The summed E-state index contributed by atoms with van der Waals surface area (Å²) in [4.78, 5) is 12.3. The Morgan fingerprint density at radius 1 is 1.33 bits per heavy atom. The van der Waals surface area contributed by atoms with Crippen LogP contribution in [-0.2, 0) is 9.47 Å². The van der Waals surface area contributed by atoms with Gasteiger partial charge in [-0.2, -0.15) is 0 Å². The van der Waals surface area contributed by atoms with Crippen LogP contribution in [0.15, 0.2) is 42.0 Å². The third-order valence-electron chi connectivity index (χ3n) is 4.42. The highest BCUT2D eigenvalue weighted by Crippen LogP contribution is 2.51. The summed E-state index contributed by atoms with van der Waals surface area (Å²) in [5, 5.41) is 0. The number of rotatable bonds is 4. The molecule has 0 amide bonds. The van der Waals surface area contributed by atoms with Crippen LogP contribution >= 0.6 is 0 Å². The number of esters is 1. The number of allylic oxidation sites excluding steroid dienone is 1. The van der Waals surface area contributed by atoms with E-state index in [0.29, 0.717) is 5.56 Å². The average Bonchev–Trinajstić information content (AvgIpc) is 3.22. The van der Waals surface area contributed by atoms with Crippen molar-refractivity contribution >= 4 is 5.97 Å². The molecule has 1 aromatic carbocycles. The number of carbonyl (C=O) groups is 1. The smallest absolute Gasteiger partial charge is 0.338 e. The Bertz CT molecular complexity index is 545. The van der Waals surface area contributed by atoms with Crippen LogP contribution in [0.25, 0.3) is 0 Å². The molecule has 0 unspecified atom stereocenters. The first-order valence-corrected chi connectivity index (χ1v) is 7.69. The van der Waals surface area contributed by atoms with Crippen molar-refractivity contribution in [3.05, 3.63) is 47.5 Å². The van der Waals surface area contributed by atoms with Crippen molar-refractivity contribution in [2.45, 2.75) is 57.3 Å². The zero-order valence-corrected chi connectivity index (χ0v) is 12.7. The van der Waals surface area contributed by atoms with Crippen molar-refractivity contribution in [1.29, 1.82) is 0 Å². The Hall–Kier alpha value is -1.61. The van der Waals surface area contributed by atoms with E-state index in [1.54, 1.807) is 12.1 Å². The Morgan fingerprint density at radius 2 is 2.10 bits per heavy atom. The highest BCUT2D eigenvalue weighted by atomic mass is 16.6. The summed E-state index contributed by atoms with van der Waals surface area (Å²) in [6.45, 7) is 4.17. The first-order chi connectivity index (χ1) is 10.1. The number of hydrogen-bond donors (Lipinski definition) is 0. The molecule has 3 nitrogen and oxygen atoms in total. The molecule has 3 atom stereocenters. The molecule has 0 aromatic heterocycles. The van der Waals surface area contributed by atoms with E-state index in [2.05, 4.69) is 19.9 Å². The molecule has 1 saturated heterocycles. The van der Waals surface area contributed by atoms with Gasteiger partial charge in [-0.25, -0.2) is 4.79 Å². The second kappa shape index (κ2) is 5.64. The maximum atomic E-state index is 12.3. The molecule has 21 heavy (non-hydrogen) atoms. The standard InChI is InChI=1S/C18H22O3/c1-13(2)11-12-18-15(9-6-10-16(18)21-18)20-17(19)14-7-4-3-5-8-14/h3-5,7-8,11,15-16H,6,9-10,12H2,1-2H3/t15-,16+,18-/m1/s1. The fourth-order valence-corrected chi connectivity index (χ4v) is 3.16. The van der Waals surface area contributed by atoms with Crippen molar-refractivity contribution < 1.29 is 14.3 Å². The minimum absolute atomic E-state index is 0.125. The van der Waals surface area contributed by atoms with Gasteiger partial charge >= 0.3 is 5.97 Å². The summed E-state index contributed by atoms with van der Waals surface area (Å²) >= 11 is 0. The fraction of sp³-hybridized carbons (Fsp3) is 0.500. The number of hydrogen-bond acceptors (Lipinski definition) is 3. The van der Waals surface area contributed by atoms with Gasteiger partial charge in [0.15, 0.2) is 0 Å². The van der Waals surface area contributed by atoms with Gasteiger partial charge in [-0.1, -0.05) is 29.8 Å². The second-order valence-electron chi connectivity index (χ2n) is 6.24. The summed E-state index contributed by atoms with van der Waals surface area (Å²) in [5.74, 6) is -0.242. The minimum Gasteiger partial charge on any atom is -0.456 e. The van der Waals surface area contributed by atoms with Gasteiger partial charge in [0, 0.05) is 6.42 Å². The molecule has 3 rings (SSSR count). The summed E-state index contributed by atoms with van der Waals surface area (Å²) in [7, 11) is 0. The molecule has 1 heterocycles. The van der Waals surface area contributed by atoms with E-state index in [-0.39, 0.29) is 23.8 Å². The average molecular weight is 286 g/mol. The molecule has 0 radical (unpaired) electrons. The summed E-state index contributed by atoms with van der Waals surface area (Å²) < 4.78 is 11.7. The third kappa shape index (κ3) is 2.88. The quantitative estimate of drug-likeness (QED) is 0.479. The molecule has 0 bridgehead atoms. The zero-order valence-electron chi connectivity index (χ0n) is 12.7. The maximum absolute atomic E-state index is 12.3. The van der Waals surface area contributed by atoms with E-state index in [0.717, 1.165) is 25.7 Å². The normalized spacial score (nSPS) is 30.2. The predicted octanol–water partition coefficient (Wildman–Crippen LogP) is 3.89. The van der Waals surface area contributed by atoms with Crippen molar-refractivity contribution in [3.63, 3.8) is 0 Å². The lowest BCUT2D eigenvalue weighted by Gasteiger charge is -2.27. The lowest BCUT2D eigenvalue weighted by molar-refractivity contribution is 0.000390. The molecule has 0 spiro atoms. The van der Waals surface area contributed by atoms with Gasteiger partial charge < -0.3 is 9.47 Å². The molecular weight excluding hydrogens is 264 g/mol. The molecular formula is C18H22O3. The minimum atomic E-state index is -0.264. The number of fused-ring (bicyclic) bond motifs is 1. The van der Waals surface area contributed by atoms with Gasteiger partial charge in [0.1, 0.15) is 11.7 Å². The third-order valence-corrected chi connectivity index (χ3v) is 4.42. The molecule has 3 heteroatoms. The van der Waals surface area contributed by atoms with Gasteiger partial charge in [0.2, 0.25) is 0 Å². The molecule has 2 aliphatic rings. The lowest BCUT2D eigenvalue weighted by Crippen LogP contribution is -2.39. The Kier molecular flexibility index (Phi) is 3.85. The highest BCUT2D eigenvalue weighted by Gasteiger charge is 2.63. The van der Waals surface area contributed by atoms with E-state index in [1.165, 1.54) is 5.57 Å². The number of ether oxygens (including phenoxy) is 2. The number of benzene rings is 1. The van der Waals surface area contributed by atoms with Crippen LogP contribution in [0.5, 0.6) is 0 Å². The van der Waals surface area contributed by atoms with E-state index in [1.807, 2.05) is 18.2 Å². The van der Waals surface area contributed by atoms with Crippen molar-refractivity contribution in [3.8, 4) is 0 Å². The molecule has 0 N–H and O–H groups in total. The van der Waals surface area contributed by atoms with E-state index >= 15 is 0 Å². The lowest BCUT2D eigenvalue weighted by atomic mass is 9.83. The maximum Gasteiger partial charge on any atom is 0.338 e.